The van der Waals surface area contributed by atoms with Crippen molar-refractivity contribution in [3.8, 4) is 0 Å². The van der Waals surface area contributed by atoms with E-state index in [9.17, 15) is 9.90 Å². The summed E-state index contributed by atoms with van der Waals surface area (Å²) in [5.74, 6) is -0.128. The molecular formula is C14H20ClN3O2. The molecule has 0 saturated carbocycles. The lowest BCUT2D eigenvalue weighted by Gasteiger charge is -2.28. The van der Waals surface area contributed by atoms with Gasteiger partial charge < -0.3 is 16.2 Å². The molecule has 2 unspecified atom stereocenters. The number of anilines is 2. The lowest BCUT2D eigenvalue weighted by molar-refractivity contribution is -0.121. The Morgan fingerprint density at radius 3 is 3.05 bits per heavy atom. The predicted molar refractivity (Wildman–Crippen MR) is 80.8 cm³/mol. The second kappa shape index (κ2) is 6.43. The van der Waals surface area contributed by atoms with Gasteiger partial charge in [0, 0.05) is 11.7 Å². The van der Waals surface area contributed by atoms with Crippen LogP contribution in [0.5, 0.6) is 0 Å². The van der Waals surface area contributed by atoms with Crippen LogP contribution in [-0.2, 0) is 4.79 Å². The van der Waals surface area contributed by atoms with Crippen molar-refractivity contribution in [3.05, 3.63) is 23.2 Å². The lowest BCUT2D eigenvalue weighted by atomic mass is 10.2. The molecule has 20 heavy (non-hydrogen) atoms. The minimum Gasteiger partial charge on any atom is -0.399 e. The fraction of sp³-hybridized carbons (Fsp3) is 0.500. The molecule has 0 aliphatic carbocycles. The number of hydrogen-bond acceptors (Lipinski definition) is 4. The van der Waals surface area contributed by atoms with Crippen LogP contribution in [0.15, 0.2) is 18.2 Å². The van der Waals surface area contributed by atoms with Crippen molar-refractivity contribution in [1.82, 2.24) is 4.90 Å². The Balaban J connectivity index is 2.04. The third kappa shape index (κ3) is 3.23. The fourth-order valence-electron chi connectivity index (χ4n) is 2.58. The molecule has 1 aromatic carbocycles. The van der Waals surface area contributed by atoms with E-state index in [2.05, 4.69) is 5.32 Å². The average Bonchev–Trinajstić information content (AvgIpc) is 2.89. The minimum atomic E-state index is -0.303. The largest absolute Gasteiger partial charge is 0.399 e. The molecule has 1 aliphatic heterocycles. The normalized spacial score (nSPS) is 20.9. The van der Waals surface area contributed by atoms with Gasteiger partial charge >= 0.3 is 0 Å². The van der Waals surface area contributed by atoms with Crippen molar-refractivity contribution in [2.45, 2.75) is 31.8 Å². The summed E-state index contributed by atoms with van der Waals surface area (Å²) in [6, 6.07) is 4.75. The molecule has 2 rings (SSSR count). The topological polar surface area (TPSA) is 78.6 Å². The van der Waals surface area contributed by atoms with Crippen LogP contribution in [-0.4, -0.2) is 41.1 Å². The first kappa shape index (κ1) is 15.1. The number of halogens is 1. The summed E-state index contributed by atoms with van der Waals surface area (Å²) in [6.45, 7) is 2.75. The summed E-state index contributed by atoms with van der Waals surface area (Å²) < 4.78 is 0. The Morgan fingerprint density at radius 2 is 2.40 bits per heavy atom. The third-order valence-corrected chi connectivity index (χ3v) is 4.07. The molecule has 1 fully saturated rings. The van der Waals surface area contributed by atoms with Crippen LogP contribution in [0.2, 0.25) is 5.02 Å². The first-order valence-corrected chi connectivity index (χ1v) is 7.13. The van der Waals surface area contributed by atoms with Gasteiger partial charge in [0.25, 0.3) is 0 Å². The number of nitrogens with one attached hydrogen (secondary N) is 1. The maximum absolute atomic E-state index is 12.3. The molecule has 0 radical (unpaired) electrons. The molecule has 1 aromatic rings. The van der Waals surface area contributed by atoms with Crippen LogP contribution < -0.4 is 11.1 Å². The lowest BCUT2D eigenvalue weighted by Crippen LogP contribution is -2.45. The molecule has 6 heteroatoms. The van der Waals surface area contributed by atoms with Crippen LogP contribution in [0, 0.1) is 0 Å². The monoisotopic (exact) mass is 297 g/mol. The van der Waals surface area contributed by atoms with Crippen molar-refractivity contribution in [2.75, 3.05) is 24.2 Å². The molecule has 0 spiro atoms. The minimum absolute atomic E-state index is 0.0673. The van der Waals surface area contributed by atoms with Gasteiger partial charge in [-0.1, -0.05) is 11.6 Å². The van der Waals surface area contributed by atoms with Crippen LogP contribution in [0.4, 0.5) is 11.4 Å². The number of hydrogen-bond donors (Lipinski definition) is 3. The number of nitrogen functional groups attached to an aromatic ring is 1. The van der Waals surface area contributed by atoms with Crippen LogP contribution in [0.3, 0.4) is 0 Å². The van der Waals surface area contributed by atoms with E-state index in [0.29, 0.717) is 16.4 Å². The van der Waals surface area contributed by atoms with E-state index >= 15 is 0 Å². The quantitative estimate of drug-likeness (QED) is 0.739. The van der Waals surface area contributed by atoms with E-state index in [-0.39, 0.29) is 24.6 Å². The highest BCUT2D eigenvalue weighted by Gasteiger charge is 2.31. The van der Waals surface area contributed by atoms with E-state index in [0.717, 1.165) is 19.4 Å². The number of likely N-dealkylation sites (tertiary alicyclic amines) is 1. The fourth-order valence-corrected chi connectivity index (χ4v) is 2.82. The number of nitrogens with zero attached hydrogens (tertiary/aromatic N) is 1. The SMILES string of the molecule is CC(C(=O)Nc1ccc(N)cc1Cl)N1CCCC1CO. The predicted octanol–water partition coefficient (Wildman–Crippen LogP) is 1.71. The van der Waals surface area contributed by atoms with Gasteiger partial charge in [0.1, 0.15) is 0 Å². The van der Waals surface area contributed by atoms with Crippen LogP contribution >= 0.6 is 11.6 Å². The summed E-state index contributed by atoms with van der Waals surface area (Å²) in [5.41, 5.74) is 6.73. The number of carbonyl (C=O) groups is 1. The molecule has 1 heterocycles. The molecule has 2 atom stereocenters. The van der Waals surface area contributed by atoms with Crippen molar-refractivity contribution in [2.24, 2.45) is 0 Å². The van der Waals surface area contributed by atoms with Gasteiger partial charge in [-0.3, -0.25) is 9.69 Å². The Labute approximate surface area is 123 Å². The standard InChI is InChI=1S/C14H20ClN3O2/c1-9(18-6-2-3-11(18)8-19)14(20)17-13-5-4-10(16)7-12(13)15/h4-5,7,9,11,19H,2-3,6,8,16H2,1H3,(H,17,20). The summed E-state index contributed by atoms with van der Waals surface area (Å²) >= 11 is 6.05. The van der Waals surface area contributed by atoms with Gasteiger partial charge in [-0.2, -0.15) is 0 Å². The number of nitrogens with two attached hydrogens (primary N) is 1. The van der Waals surface area contributed by atoms with E-state index in [4.69, 9.17) is 17.3 Å². The van der Waals surface area contributed by atoms with Crippen molar-refractivity contribution in [3.63, 3.8) is 0 Å². The van der Waals surface area contributed by atoms with Crippen LogP contribution in [0.1, 0.15) is 19.8 Å². The molecule has 0 aromatic heterocycles. The summed E-state index contributed by atoms with van der Waals surface area (Å²) in [7, 11) is 0. The smallest absolute Gasteiger partial charge is 0.241 e. The number of carbonyl (C=O) groups excluding carboxylic acids is 1. The Hall–Kier alpha value is -1.30. The first-order valence-electron chi connectivity index (χ1n) is 6.75. The van der Waals surface area contributed by atoms with Gasteiger partial charge in [-0.25, -0.2) is 0 Å². The molecule has 5 nitrogen and oxygen atoms in total. The highest BCUT2D eigenvalue weighted by atomic mass is 35.5. The summed E-state index contributed by atoms with van der Waals surface area (Å²) in [5, 5.41) is 12.6. The van der Waals surface area contributed by atoms with Crippen molar-refractivity contribution < 1.29 is 9.90 Å². The summed E-state index contributed by atoms with van der Waals surface area (Å²) in [6.07, 6.45) is 1.93. The zero-order valence-corrected chi connectivity index (χ0v) is 12.2. The van der Waals surface area contributed by atoms with E-state index in [1.54, 1.807) is 18.2 Å². The van der Waals surface area contributed by atoms with Crippen molar-refractivity contribution in [1.29, 1.82) is 0 Å². The number of benzene rings is 1. The van der Waals surface area contributed by atoms with Gasteiger partial charge in [0.05, 0.1) is 23.4 Å². The number of amides is 1. The van der Waals surface area contributed by atoms with Crippen LogP contribution in [0.25, 0.3) is 0 Å². The maximum atomic E-state index is 12.3. The third-order valence-electron chi connectivity index (χ3n) is 3.76. The highest BCUT2D eigenvalue weighted by Crippen LogP contribution is 2.25. The number of aliphatic hydroxyl groups is 1. The van der Waals surface area contributed by atoms with E-state index in [1.165, 1.54) is 0 Å². The maximum Gasteiger partial charge on any atom is 0.241 e. The second-order valence-electron chi connectivity index (χ2n) is 5.12. The molecule has 1 amide bonds. The molecule has 110 valence electrons. The van der Waals surface area contributed by atoms with Gasteiger partial charge in [0.15, 0.2) is 0 Å². The Morgan fingerprint density at radius 1 is 1.65 bits per heavy atom. The number of rotatable bonds is 4. The Kier molecular flexibility index (Phi) is 4.86. The Bertz CT molecular complexity index is 495. The van der Waals surface area contributed by atoms with E-state index in [1.807, 2.05) is 11.8 Å². The van der Waals surface area contributed by atoms with Gasteiger partial charge in [0.2, 0.25) is 5.91 Å². The molecule has 1 aliphatic rings. The zero-order valence-electron chi connectivity index (χ0n) is 11.5. The first-order chi connectivity index (χ1) is 9.52. The van der Waals surface area contributed by atoms with Gasteiger partial charge in [-0.05, 0) is 44.5 Å². The molecule has 0 bridgehead atoms. The number of aliphatic hydroxyl groups excluding tert-OH is 1. The zero-order chi connectivity index (χ0) is 14.7. The van der Waals surface area contributed by atoms with E-state index < -0.39 is 0 Å². The second-order valence-corrected chi connectivity index (χ2v) is 5.53. The summed E-state index contributed by atoms with van der Waals surface area (Å²) in [4.78, 5) is 14.3. The van der Waals surface area contributed by atoms with Gasteiger partial charge in [-0.15, -0.1) is 0 Å². The average molecular weight is 298 g/mol. The molecular weight excluding hydrogens is 278 g/mol. The molecule has 1 saturated heterocycles. The highest BCUT2D eigenvalue weighted by molar-refractivity contribution is 6.34. The van der Waals surface area contributed by atoms with Crippen molar-refractivity contribution >= 4 is 28.9 Å². The molecule has 4 N–H and O–H groups in total.